The van der Waals surface area contributed by atoms with E-state index >= 15 is 0 Å². The van der Waals surface area contributed by atoms with E-state index in [1.165, 1.54) is 0 Å². The van der Waals surface area contributed by atoms with Crippen LogP contribution in [0.1, 0.15) is 15.9 Å². The molecule has 5 nitrogen and oxygen atoms in total. The monoisotopic (exact) mass is 393 g/mol. The number of amides is 1. The minimum Gasteiger partial charge on any atom is -0.457 e. The van der Waals surface area contributed by atoms with Crippen LogP contribution in [-0.4, -0.2) is 35.8 Å². The summed E-state index contributed by atoms with van der Waals surface area (Å²) in [6.07, 6.45) is 0. The van der Waals surface area contributed by atoms with Crippen molar-refractivity contribution in [3.8, 4) is 0 Å². The number of ether oxygens (including phenoxy) is 1. The van der Waals surface area contributed by atoms with Crippen molar-refractivity contribution in [2.24, 2.45) is 0 Å². The van der Waals surface area contributed by atoms with Gasteiger partial charge in [-0.3, -0.25) is 14.4 Å². The second-order valence-corrected chi connectivity index (χ2v) is 6.61. The van der Waals surface area contributed by atoms with Crippen LogP contribution in [0.4, 0.5) is 14.5 Å². The lowest BCUT2D eigenvalue weighted by Crippen LogP contribution is -2.18. The molecule has 0 saturated carbocycles. The number of anilines is 1. The number of halogens is 2. The molecular formula is C19H17F2NO4S. The summed E-state index contributed by atoms with van der Waals surface area (Å²) in [6, 6.07) is 9.96. The molecule has 1 N–H and O–H groups in total. The van der Waals surface area contributed by atoms with E-state index in [2.05, 4.69) is 5.32 Å². The van der Waals surface area contributed by atoms with Crippen molar-refractivity contribution in [1.82, 2.24) is 0 Å². The smallest absolute Gasteiger partial charge is 0.316 e. The highest BCUT2D eigenvalue weighted by Gasteiger charge is 2.13. The Bertz CT molecular complexity index is 840. The van der Waals surface area contributed by atoms with Crippen molar-refractivity contribution in [2.75, 3.05) is 23.4 Å². The second-order valence-electron chi connectivity index (χ2n) is 5.62. The standard InChI is InChI=1S/C19H17F2NO4S/c1-12-2-5-14(6-3-12)22-18(24)10-27-11-19(25)26-9-17(23)13-4-7-15(20)16(21)8-13/h2-8H,9-11H2,1H3,(H,22,24). The van der Waals surface area contributed by atoms with Gasteiger partial charge in [0.05, 0.1) is 11.5 Å². The van der Waals surface area contributed by atoms with Gasteiger partial charge < -0.3 is 10.1 Å². The number of rotatable bonds is 8. The van der Waals surface area contributed by atoms with Crippen LogP contribution in [-0.2, 0) is 14.3 Å². The summed E-state index contributed by atoms with van der Waals surface area (Å²) >= 11 is 1.04. The molecular weight excluding hydrogens is 376 g/mol. The van der Waals surface area contributed by atoms with Crippen molar-refractivity contribution >= 4 is 35.1 Å². The maximum atomic E-state index is 13.1. The number of carbonyl (C=O) groups is 3. The van der Waals surface area contributed by atoms with Crippen molar-refractivity contribution in [1.29, 1.82) is 0 Å². The van der Waals surface area contributed by atoms with Gasteiger partial charge in [0.25, 0.3) is 0 Å². The molecule has 2 aromatic carbocycles. The molecule has 0 aromatic heterocycles. The lowest BCUT2D eigenvalue weighted by atomic mass is 10.1. The Kier molecular flexibility index (Phi) is 7.48. The van der Waals surface area contributed by atoms with E-state index < -0.39 is 30.0 Å². The third-order valence-corrected chi connectivity index (χ3v) is 4.30. The molecule has 0 fully saturated rings. The zero-order valence-electron chi connectivity index (χ0n) is 14.5. The number of hydrogen-bond donors (Lipinski definition) is 1. The summed E-state index contributed by atoms with van der Waals surface area (Å²) in [6.45, 7) is 1.35. The topological polar surface area (TPSA) is 72.5 Å². The van der Waals surface area contributed by atoms with Crippen molar-refractivity contribution < 1.29 is 27.9 Å². The van der Waals surface area contributed by atoms with Crippen LogP contribution in [0.5, 0.6) is 0 Å². The van der Waals surface area contributed by atoms with Crippen LogP contribution in [0.2, 0.25) is 0 Å². The van der Waals surface area contributed by atoms with E-state index in [9.17, 15) is 23.2 Å². The fourth-order valence-corrected chi connectivity index (χ4v) is 2.61. The first-order valence-electron chi connectivity index (χ1n) is 7.93. The minimum absolute atomic E-state index is 0.0418. The molecule has 0 bridgehead atoms. The Balaban J connectivity index is 1.68. The first-order chi connectivity index (χ1) is 12.8. The number of ketones is 1. The van der Waals surface area contributed by atoms with Gasteiger partial charge in [0.15, 0.2) is 24.0 Å². The first kappa shape index (κ1) is 20.6. The van der Waals surface area contributed by atoms with Gasteiger partial charge in [-0.15, -0.1) is 11.8 Å². The zero-order chi connectivity index (χ0) is 19.8. The number of Topliss-reactive ketones (excluding diaryl/α,β-unsaturated/α-hetero) is 1. The van der Waals surface area contributed by atoms with Gasteiger partial charge in [-0.1, -0.05) is 17.7 Å². The molecule has 1 amide bonds. The van der Waals surface area contributed by atoms with Gasteiger partial charge in [-0.2, -0.15) is 0 Å². The van der Waals surface area contributed by atoms with Gasteiger partial charge >= 0.3 is 5.97 Å². The maximum absolute atomic E-state index is 13.1. The number of hydrogen-bond acceptors (Lipinski definition) is 5. The molecule has 142 valence electrons. The quantitative estimate of drug-likeness (QED) is 0.550. The number of nitrogens with one attached hydrogen (secondary N) is 1. The average molecular weight is 393 g/mol. The number of thioether (sulfide) groups is 1. The van der Waals surface area contributed by atoms with E-state index in [0.29, 0.717) is 5.69 Å². The lowest BCUT2D eigenvalue weighted by Gasteiger charge is -2.06. The predicted octanol–water partition coefficient (Wildman–Crippen LogP) is 3.37. The van der Waals surface area contributed by atoms with Gasteiger partial charge in [0, 0.05) is 11.3 Å². The molecule has 0 aliphatic heterocycles. The average Bonchev–Trinajstić information content (AvgIpc) is 2.64. The summed E-state index contributed by atoms with van der Waals surface area (Å²) in [5.41, 5.74) is 1.64. The third-order valence-electron chi connectivity index (χ3n) is 3.39. The molecule has 0 aliphatic carbocycles. The Morgan fingerprint density at radius 3 is 2.37 bits per heavy atom. The highest BCUT2D eigenvalue weighted by Crippen LogP contribution is 2.11. The van der Waals surface area contributed by atoms with E-state index in [1.54, 1.807) is 12.1 Å². The zero-order valence-corrected chi connectivity index (χ0v) is 15.3. The van der Waals surface area contributed by atoms with E-state index in [1.807, 2.05) is 19.1 Å². The van der Waals surface area contributed by atoms with Crippen LogP contribution in [0, 0.1) is 18.6 Å². The Morgan fingerprint density at radius 2 is 1.70 bits per heavy atom. The summed E-state index contributed by atoms with van der Waals surface area (Å²) in [7, 11) is 0. The minimum atomic E-state index is -1.15. The Hall–Kier alpha value is -2.74. The van der Waals surface area contributed by atoms with Gasteiger partial charge in [-0.25, -0.2) is 8.78 Å². The first-order valence-corrected chi connectivity index (χ1v) is 9.09. The van der Waals surface area contributed by atoms with Crippen molar-refractivity contribution in [3.05, 3.63) is 65.2 Å². The van der Waals surface area contributed by atoms with E-state index in [0.717, 1.165) is 35.5 Å². The highest BCUT2D eigenvalue weighted by atomic mass is 32.2. The predicted molar refractivity (Wildman–Crippen MR) is 98.8 cm³/mol. The largest absolute Gasteiger partial charge is 0.457 e. The number of esters is 1. The SMILES string of the molecule is Cc1ccc(NC(=O)CSCC(=O)OCC(=O)c2ccc(F)c(F)c2)cc1. The number of aryl methyl sites for hydroxylation is 1. The van der Waals surface area contributed by atoms with Crippen molar-refractivity contribution in [2.45, 2.75) is 6.92 Å². The second kappa shape index (κ2) is 9.82. The lowest BCUT2D eigenvalue weighted by molar-refractivity contribution is -0.139. The molecule has 2 rings (SSSR count). The molecule has 0 aliphatic rings. The third kappa shape index (κ3) is 6.82. The van der Waals surface area contributed by atoms with Crippen molar-refractivity contribution in [3.63, 3.8) is 0 Å². The van der Waals surface area contributed by atoms with Gasteiger partial charge in [-0.05, 0) is 37.3 Å². The van der Waals surface area contributed by atoms with Crippen LogP contribution in [0.15, 0.2) is 42.5 Å². The summed E-state index contributed by atoms with van der Waals surface area (Å²) < 4.78 is 30.7. The number of benzene rings is 2. The summed E-state index contributed by atoms with van der Waals surface area (Å²) in [4.78, 5) is 35.2. The summed E-state index contributed by atoms with van der Waals surface area (Å²) in [5.74, 6) is -3.89. The molecule has 0 atom stereocenters. The number of carbonyl (C=O) groups excluding carboxylic acids is 3. The molecule has 0 radical (unpaired) electrons. The summed E-state index contributed by atoms with van der Waals surface area (Å²) in [5, 5.41) is 2.69. The van der Waals surface area contributed by atoms with Crippen LogP contribution < -0.4 is 5.32 Å². The molecule has 2 aromatic rings. The van der Waals surface area contributed by atoms with Gasteiger partial charge in [0.2, 0.25) is 5.91 Å². The molecule has 0 heterocycles. The molecule has 0 saturated heterocycles. The van der Waals surface area contributed by atoms with Gasteiger partial charge in [0.1, 0.15) is 0 Å². The maximum Gasteiger partial charge on any atom is 0.316 e. The Morgan fingerprint density at radius 1 is 1.00 bits per heavy atom. The molecule has 0 unspecified atom stereocenters. The van der Waals surface area contributed by atoms with Crippen LogP contribution in [0.3, 0.4) is 0 Å². The van der Waals surface area contributed by atoms with E-state index in [4.69, 9.17) is 4.74 Å². The normalized spacial score (nSPS) is 10.3. The van der Waals surface area contributed by atoms with Crippen LogP contribution in [0.25, 0.3) is 0 Å². The van der Waals surface area contributed by atoms with E-state index in [-0.39, 0.29) is 23.0 Å². The molecule has 0 spiro atoms. The molecule has 8 heteroatoms. The fourth-order valence-electron chi connectivity index (χ4n) is 2.00. The van der Waals surface area contributed by atoms with Crippen LogP contribution >= 0.6 is 11.8 Å². The highest BCUT2D eigenvalue weighted by molar-refractivity contribution is 8.00. The molecule has 27 heavy (non-hydrogen) atoms. The fraction of sp³-hybridized carbons (Fsp3) is 0.211. The Labute approximate surface area is 159 Å².